The smallest absolute Gasteiger partial charge is 0.411 e. The summed E-state index contributed by atoms with van der Waals surface area (Å²) < 4.78 is 11.9. The van der Waals surface area contributed by atoms with Gasteiger partial charge in [-0.2, -0.15) is 0 Å². The number of ether oxygens (including phenoxy) is 1. The van der Waals surface area contributed by atoms with Crippen molar-refractivity contribution >= 4 is 14.4 Å². The molecule has 2 atom stereocenters. The molecule has 4 nitrogen and oxygen atoms in total. The van der Waals surface area contributed by atoms with Crippen molar-refractivity contribution in [3.05, 3.63) is 12.7 Å². The first kappa shape index (κ1) is 20.2. The highest BCUT2D eigenvalue weighted by Crippen LogP contribution is 2.37. The van der Waals surface area contributed by atoms with Crippen LogP contribution in [0.5, 0.6) is 0 Å². The zero-order chi connectivity index (χ0) is 18.1. The molecule has 1 rings (SSSR count). The quantitative estimate of drug-likeness (QED) is 0.536. The molecule has 0 aromatic rings. The SMILES string of the molecule is C=C[C@H]1CC[C@@H](CO[Si](C)(C)C(C)(C)C)N1C(=O)OC(C)(C)C. The van der Waals surface area contributed by atoms with Crippen LogP contribution >= 0.6 is 0 Å². The number of amides is 1. The minimum Gasteiger partial charge on any atom is -0.444 e. The minimum atomic E-state index is -1.82. The van der Waals surface area contributed by atoms with Gasteiger partial charge in [-0.05, 0) is 51.7 Å². The van der Waals surface area contributed by atoms with Crippen LogP contribution < -0.4 is 0 Å². The molecule has 0 saturated carbocycles. The predicted octanol–water partition coefficient (Wildman–Crippen LogP) is 4.96. The van der Waals surface area contributed by atoms with Gasteiger partial charge in [0, 0.05) is 0 Å². The molecule has 1 amide bonds. The summed E-state index contributed by atoms with van der Waals surface area (Å²) in [6, 6.07) is 0.111. The molecule has 1 heterocycles. The zero-order valence-corrected chi connectivity index (χ0v) is 17.2. The van der Waals surface area contributed by atoms with Crippen molar-refractivity contribution in [1.82, 2.24) is 4.90 Å². The first-order valence-electron chi connectivity index (χ1n) is 8.56. The van der Waals surface area contributed by atoms with Gasteiger partial charge in [-0.3, -0.25) is 4.90 Å². The van der Waals surface area contributed by atoms with Crippen LogP contribution in [0.2, 0.25) is 18.1 Å². The summed E-state index contributed by atoms with van der Waals surface area (Å²) in [7, 11) is -1.82. The second-order valence-corrected chi connectivity index (χ2v) is 13.8. The number of hydrogen-bond donors (Lipinski definition) is 0. The van der Waals surface area contributed by atoms with Crippen LogP contribution in [0.1, 0.15) is 54.4 Å². The zero-order valence-electron chi connectivity index (χ0n) is 16.2. The third-order valence-electron chi connectivity index (χ3n) is 4.87. The van der Waals surface area contributed by atoms with Crippen molar-refractivity contribution in [3.8, 4) is 0 Å². The summed E-state index contributed by atoms with van der Waals surface area (Å²) >= 11 is 0. The standard InChI is InChI=1S/C18H35NO3Si/c1-10-14-11-12-15(13-21-23(8,9)18(5,6)7)19(14)16(20)22-17(2,3)4/h10,14-15H,1,11-13H2,2-9H3/t14-,15-/m0/s1. The number of rotatable bonds is 4. The van der Waals surface area contributed by atoms with Gasteiger partial charge in [-0.15, -0.1) is 6.58 Å². The van der Waals surface area contributed by atoms with Crippen LogP contribution in [0.4, 0.5) is 4.79 Å². The largest absolute Gasteiger partial charge is 0.444 e. The molecule has 0 aromatic carbocycles. The maximum absolute atomic E-state index is 12.6. The van der Waals surface area contributed by atoms with E-state index in [0.717, 1.165) is 12.8 Å². The lowest BCUT2D eigenvalue weighted by Gasteiger charge is -2.38. The lowest BCUT2D eigenvalue weighted by Crippen LogP contribution is -2.48. The van der Waals surface area contributed by atoms with Gasteiger partial charge in [-0.1, -0.05) is 26.8 Å². The van der Waals surface area contributed by atoms with Gasteiger partial charge in [0.15, 0.2) is 8.32 Å². The fourth-order valence-corrected chi connectivity index (χ4v) is 3.47. The molecule has 0 aliphatic carbocycles. The lowest BCUT2D eigenvalue weighted by atomic mass is 10.2. The Bertz CT molecular complexity index is 435. The number of carbonyl (C=O) groups is 1. The van der Waals surface area contributed by atoms with Crippen molar-refractivity contribution in [2.75, 3.05) is 6.61 Å². The molecule has 0 bridgehead atoms. The molecule has 1 aliphatic rings. The van der Waals surface area contributed by atoms with Gasteiger partial charge in [0.2, 0.25) is 0 Å². The Kier molecular flexibility index (Phi) is 6.13. The van der Waals surface area contributed by atoms with Crippen LogP contribution in [0.15, 0.2) is 12.7 Å². The Hall–Kier alpha value is -0.813. The highest BCUT2D eigenvalue weighted by molar-refractivity contribution is 6.74. The molecule has 0 N–H and O–H groups in total. The number of likely N-dealkylation sites (tertiary alicyclic amines) is 1. The Morgan fingerprint density at radius 3 is 2.22 bits per heavy atom. The van der Waals surface area contributed by atoms with Gasteiger partial charge >= 0.3 is 6.09 Å². The van der Waals surface area contributed by atoms with E-state index in [-0.39, 0.29) is 23.2 Å². The highest BCUT2D eigenvalue weighted by atomic mass is 28.4. The average Bonchev–Trinajstić information content (AvgIpc) is 2.75. The van der Waals surface area contributed by atoms with E-state index in [9.17, 15) is 4.79 Å². The van der Waals surface area contributed by atoms with E-state index < -0.39 is 13.9 Å². The van der Waals surface area contributed by atoms with E-state index in [1.165, 1.54) is 0 Å². The molecule has 0 aromatic heterocycles. The topological polar surface area (TPSA) is 38.8 Å². The third kappa shape index (κ3) is 5.35. The van der Waals surface area contributed by atoms with Crippen LogP contribution in [-0.2, 0) is 9.16 Å². The van der Waals surface area contributed by atoms with Gasteiger partial charge in [0.05, 0.1) is 18.7 Å². The summed E-state index contributed by atoms with van der Waals surface area (Å²) in [5.41, 5.74) is -0.490. The van der Waals surface area contributed by atoms with Crippen molar-refractivity contribution in [2.24, 2.45) is 0 Å². The maximum Gasteiger partial charge on any atom is 0.411 e. The van der Waals surface area contributed by atoms with E-state index in [1.807, 2.05) is 31.7 Å². The van der Waals surface area contributed by atoms with Crippen LogP contribution in [0.3, 0.4) is 0 Å². The predicted molar refractivity (Wildman–Crippen MR) is 98.2 cm³/mol. The number of hydrogen-bond acceptors (Lipinski definition) is 3. The molecular formula is C18H35NO3Si. The van der Waals surface area contributed by atoms with Crippen molar-refractivity contribution in [2.45, 2.75) is 90.2 Å². The van der Waals surface area contributed by atoms with Crippen molar-refractivity contribution < 1.29 is 14.0 Å². The molecule has 1 aliphatic heterocycles. The summed E-state index contributed by atoms with van der Waals surface area (Å²) in [5.74, 6) is 0. The first-order chi connectivity index (χ1) is 10.3. The average molecular weight is 342 g/mol. The van der Waals surface area contributed by atoms with E-state index in [0.29, 0.717) is 6.61 Å². The fourth-order valence-electron chi connectivity index (χ4n) is 2.43. The minimum absolute atomic E-state index is 0.0397. The van der Waals surface area contributed by atoms with E-state index in [4.69, 9.17) is 9.16 Å². The Morgan fingerprint density at radius 1 is 1.22 bits per heavy atom. The molecule has 23 heavy (non-hydrogen) atoms. The van der Waals surface area contributed by atoms with E-state index in [1.54, 1.807) is 0 Å². The molecular weight excluding hydrogens is 306 g/mol. The maximum atomic E-state index is 12.6. The Balaban J connectivity index is 2.81. The second kappa shape index (κ2) is 6.97. The lowest BCUT2D eigenvalue weighted by molar-refractivity contribution is 0.0132. The molecule has 1 saturated heterocycles. The number of nitrogens with zero attached hydrogens (tertiary/aromatic N) is 1. The summed E-state index contributed by atoms with van der Waals surface area (Å²) in [4.78, 5) is 14.4. The Morgan fingerprint density at radius 2 is 1.78 bits per heavy atom. The summed E-state index contributed by atoms with van der Waals surface area (Å²) in [6.07, 6.45) is 3.44. The molecule has 0 unspecified atom stereocenters. The molecule has 0 radical (unpaired) electrons. The molecule has 0 spiro atoms. The van der Waals surface area contributed by atoms with Crippen molar-refractivity contribution in [1.29, 1.82) is 0 Å². The Labute approximate surface area is 143 Å². The molecule has 1 fully saturated rings. The molecule has 134 valence electrons. The van der Waals surface area contributed by atoms with Gasteiger partial charge < -0.3 is 9.16 Å². The summed E-state index contributed by atoms with van der Waals surface area (Å²) in [6.45, 7) is 21.3. The van der Waals surface area contributed by atoms with Gasteiger partial charge in [-0.25, -0.2) is 4.79 Å². The number of carbonyl (C=O) groups excluding carboxylic acids is 1. The fraction of sp³-hybridized carbons (Fsp3) is 0.833. The normalized spacial score (nSPS) is 23.0. The van der Waals surface area contributed by atoms with Crippen molar-refractivity contribution in [3.63, 3.8) is 0 Å². The van der Waals surface area contributed by atoms with Crippen LogP contribution in [0.25, 0.3) is 0 Å². The highest BCUT2D eigenvalue weighted by Gasteiger charge is 2.42. The van der Waals surface area contributed by atoms with E-state index in [2.05, 4.69) is 40.4 Å². The monoisotopic (exact) mass is 341 g/mol. The van der Waals surface area contributed by atoms with Gasteiger partial charge in [0.25, 0.3) is 0 Å². The first-order valence-corrected chi connectivity index (χ1v) is 11.5. The van der Waals surface area contributed by atoms with Crippen LogP contribution in [0, 0.1) is 0 Å². The van der Waals surface area contributed by atoms with Crippen LogP contribution in [-0.4, -0.2) is 43.6 Å². The summed E-state index contributed by atoms with van der Waals surface area (Å²) in [5, 5.41) is 0.167. The van der Waals surface area contributed by atoms with Gasteiger partial charge in [0.1, 0.15) is 5.60 Å². The third-order valence-corrected chi connectivity index (χ3v) is 9.37. The van der Waals surface area contributed by atoms with E-state index >= 15 is 0 Å². The second-order valence-electron chi connectivity index (χ2n) is 8.99. The molecule has 5 heteroatoms.